The molecule has 5 rings (SSSR count). The van der Waals surface area contributed by atoms with Crippen LogP contribution in [0, 0.1) is 0 Å². The summed E-state index contributed by atoms with van der Waals surface area (Å²) in [5, 5.41) is 17.0. The third-order valence-electron chi connectivity index (χ3n) is 5.08. The van der Waals surface area contributed by atoms with Gasteiger partial charge in [-0.25, -0.2) is 5.01 Å². The number of ether oxygens (including phenoxy) is 2. The molecule has 2 aromatic carbocycles. The van der Waals surface area contributed by atoms with Crippen LogP contribution in [0.2, 0.25) is 0 Å². The van der Waals surface area contributed by atoms with Crippen LogP contribution in [-0.2, 0) is 0 Å². The van der Waals surface area contributed by atoms with Crippen molar-refractivity contribution in [1.82, 2.24) is 5.01 Å². The van der Waals surface area contributed by atoms with Crippen LogP contribution in [0.5, 0.6) is 17.2 Å². The van der Waals surface area contributed by atoms with Gasteiger partial charge in [-0.05, 0) is 37.3 Å². The minimum Gasteiger partial charge on any atom is -0.507 e. The van der Waals surface area contributed by atoms with E-state index in [1.807, 2.05) is 54.4 Å². The molecular formula is C22H20N2O4. The molecule has 28 heavy (non-hydrogen) atoms. The van der Waals surface area contributed by atoms with Gasteiger partial charge in [0.1, 0.15) is 5.75 Å². The summed E-state index contributed by atoms with van der Waals surface area (Å²) in [4.78, 5) is 0. The standard InChI is InChI=1S/C22H20N2O4/c1-2-26-19-10-5-8-15-17-13-16(14-7-3-4-9-18(14)25)23-24(17)22(28-21(15)19)20-11-6-12-27-20/h3-12,17,22,25H,2,13H2,1H3/t17-,22-/m1/s1. The molecule has 6 heteroatoms. The van der Waals surface area contributed by atoms with Crippen molar-refractivity contribution < 1.29 is 19.0 Å². The Morgan fingerprint density at radius 1 is 1.14 bits per heavy atom. The Bertz CT molecular complexity index is 1030. The van der Waals surface area contributed by atoms with Gasteiger partial charge in [0.15, 0.2) is 17.3 Å². The summed E-state index contributed by atoms with van der Waals surface area (Å²) in [6.07, 6.45) is 1.78. The lowest BCUT2D eigenvalue weighted by atomic mass is 9.95. The zero-order chi connectivity index (χ0) is 19.1. The first kappa shape index (κ1) is 16.7. The second-order valence-corrected chi connectivity index (χ2v) is 6.76. The molecule has 1 N–H and O–H groups in total. The van der Waals surface area contributed by atoms with Gasteiger partial charge in [-0.2, -0.15) is 5.10 Å². The van der Waals surface area contributed by atoms with E-state index in [2.05, 4.69) is 0 Å². The fraction of sp³-hybridized carbons (Fsp3) is 0.227. The summed E-state index contributed by atoms with van der Waals surface area (Å²) in [6.45, 7) is 2.51. The highest BCUT2D eigenvalue weighted by molar-refractivity contribution is 6.04. The van der Waals surface area contributed by atoms with Gasteiger partial charge in [-0.15, -0.1) is 0 Å². The van der Waals surface area contributed by atoms with E-state index in [1.165, 1.54) is 0 Å². The van der Waals surface area contributed by atoms with E-state index in [1.54, 1.807) is 18.4 Å². The minimum atomic E-state index is -0.502. The molecule has 0 fully saturated rings. The van der Waals surface area contributed by atoms with Crippen molar-refractivity contribution in [2.45, 2.75) is 25.6 Å². The Kier molecular flexibility index (Phi) is 3.97. The molecule has 0 saturated carbocycles. The molecule has 0 radical (unpaired) electrons. The van der Waals surface area contributed by atoms with Crippen molar-refractivity contribution in [2.24, 2.45) is 5.10 Å². The van der Waals surface area contributed by atoms with Crippen LogP contribution in [0.1, 0.15) is 42.5 Å². The summed E-state index contributed by atoms with van der Waals surface area (Å²) in [7, 11) is 0. The molecule has 2 aliphatic rings. The average molecular weight is 376 g/mol. The summed E-state index contributed by atoms with van der Waals surface area (Å²) in [5.74, 6) is 2.33. The maximum atomic E-state index is 10.3. The Labute approximate surface area is 162 Å². The molecule has 142 valence electrons. The smallest absolute Gasteiger partial charge is 0.246 e. The van der Waals surface area contributed by atoms with E-state index in [0.717, 1.165) is 22.6 Å². The van der Waals surface area contributed by atoms with Crippen LogP contribution < -0.4 is 9.47 Å². The highest BCUT2D eigenvalue weighted by atomic mass is 16.5. The number of phenolic OH excluding ortho intramolecular Hbond substituents is 1. The van der Waals surface area contributed by atoms with Crippen LogP contribution in [0.25, 0.3) is 0 Å². The van der Waals surface area contributed by atoms with E-state index in [0.29, 0.717) is 24.5 Å². The Hall–Kier alpha value is -3.41. The lowest BCUT2D eigenvalue weighted by molar-refractivity contribution is -0.0344. The number of hydrazone groups is 1. The van der Waals surface area contributed by atoms with Gasteiger partial charge in [0.05, 0.1) is 24.6 Å². The van der Waals surface area contributed by atoms with Gasteiger partial charge >= 0.3 is 0 Å². The number of hydrogen-bond acceptors (Lipinski definition) is 6. The van der Waals surface area contributed by atoms with Crippen LogP contribution in [0.3, 0.4) is 0 Å². The molecular weight excluding hydrogens is 356 g/mol. The van der Waals surface area contributed by atoms with Gasteiger partial charge in [-0.3, -0.25) is 0 Å². The monoisotopic (exact) mass is 376 g/mol. The topological polar surface area (TPSA) is 67.4 Å². The highest BCUT2D eigenvalue weighted by Crippen LogP contribution is 2.51. The number of para-hydroxylation sites is 2. The zero-order valence-corrected chi connectivity index (χ0v) is 15.4. The minimum absolute atomic E-state index is 0.0335. The number of hydrogen-bond donors (Lipinski definition) is 1. The molecule has 0 amide bonds. The molecule has 3 heterocycles. The van der Waals surface area contributed by atoms with Crippen LogP contribution in [0.15, 0.2) is 70.4 Å². The summed E-state index contributed by atoms with van der Waals surface area (Å²) >= 11 is 0. The van der Waals surface area contributed by atoms with E-state index in [-0.39, 0.29) is 11.8 Å². The van der Waals surface area contributed by atoms with Crippen LogP contribution in [0.4, 0.5) is 0 Å². The van der Waals surface area contributed by atoms with Gasteiger partial charge in [-0.1, -0.05) is 24.3 Å². The van der Waals surface area contributed by atoms with Gasteiger partial charge < -0.3 is 19.0 Å². The third-order valence-corrected chi connectivity index (χ3v) is 5.08. The highest BCUT2D eigenvalue weighted by Gasteiger charge is 2.43. The van der Waals surface area contributed by atoms with E-state index >= 15 is 0 Å². The van der Waals surface area contributed by atoms with Crippen molar-refractivity contribution >= 4 is 5.71 Å². The average Bonchev–Trinajstić information content (AvgIpc) is 3.38. The van der Waals surface area contributed by atoms with E-state index in [9.17, 15) is 5.11 Å². The van der Waals surface area contributed by atoms with Crippen LogP contribution >= 0.6 is 0 Å². The Balaban J connectivity index is 1.62. The SMILES string of the molecule is CCOc1cccc2c1O[C@H](c1ccco1)N1N=C(c3ccccc3O)C[C@H]21. The zero-order valence-electron chi connectivity index (χ0n) is 15.4. The number of phenols is 1. The first-order valence-corrected chi connectivity index (χ1v) is 9.36. The molecule has 2 aliphatic heterocycles. The first-order valence-electron chi connectivity index (χ1n) is 9.36. The summed E-state index contributed by atoms with van der Waals surface area (Å²) < 4.78 is 17.8. The van der Waals surface area contributed by atoms with Crippen molar-refractivity contribution in [1.29, 1.82) is 0 Å². The molecule has 0 aliphatic carbocycles. The first-order chi connectivity index (χ1) is 13.8. The molecule has 6 nitrogen and oxygen atoms in total. The Morgan fingerprint density at radius 2 is 2.04 bits per heavy atom. The predicted molar refractivity (Wildman–Crippen MR) is 104 cm³/mol. The maximum Gasteiger partial charge on any atom is 0.246 e. The lowest BCUT2D eigenvalue weighted by Crippen LogP contribution is -2.33. The quantitative estimate of drug-likeness (QED) is 0.719. The molecule has 0 bridgehead atoms. The molecule has 0 saturated heterocycles. The summed E-state index contributed by atoms with van der Waals surface area (Å²) in [5.41, 5.74) is 2.57. The second kappa shape index (κ2) is 6.64. The largest absolute Gasteiger partial charge is 0.507 e. The number of rotatable bonds is 4. The fourth-order valence-electron chi connectivity index (χ4n) is 3.85. The van der Waals surface area contributed by atoms with E-state index < -0.39 is 6.23 Å². The molecule has 2 atom stereocenters. The molecule has 0 spiro atoms. The molecule has 3 aromatic rings. The predicted octanol–water partition coefficient (Wildman–Crippen LogP) is 4.63. The number of benzene rings is 2. The number of nitrogens with zero attached hydrogens (tertiary/aromatic N) is 2. The number of fused-ring (bicyclic) bond motifs is 3. The van der Waals surface area contributed by atoms with E-state index in [4.69, 9.17) is 19.0 Å². The van der Waals surface area contributed by atoms with Gasteiger partial charge in [0.2, 0.25) is 6.23 Å². The van der Waals surface area contributed by atoms with Gasteiger partial charge in [0.25, 0.3) is 0 Å². The fourth-order valence-corrected chi connectivity index (χ4v) is 3.85. The number of furan rings is 1. The normalized spacial score (nSPS) is 20.2. The Morgan fingerprint density at radius 3 is 2.82 bits per heavy atom. The van der Waals surface area contributed by atoms with Gasteiger partial charge in [0, 0.05) is 17.5 Å². The third kappa shape index (κ3) is 2.60. The van der Waals surface area contributed by atoms with Crippen molar-refractivity contribution in [3.8, 4) is 17.2 Å². The van der Waals surface area contributed by atoms with Crippen molar-refractivity contribution in [2.75, 3.05) is 6.61 Å². The lowest BCUT2D eigenvalue weighted by Gasteiger charge is -2.37. The van der Waals surface area contributed by atoms with Crippen LogP contribution in [-0.4, -0.2) is 22.4 Å². The van der Waals surface area contributed by atoms with Crippen molar-refractivity contribution in [3.05, 3.63) is 77.7 Å². The molecule has 1 aromatic heterocycles. The van der Waals surface area contributed by atoms with Crippen molar-refractivity contribution in [3.63, 3.8) is 0 Å². The maximum absolute atomic E-state index is 10.3. The summed E-state index contributed by atoms with van der Waals surface area (Å²) in [6, 6.07) is 16.9. The second-order valence-electron chi connectivity index (χ2n) is 6.76. The number of aromatic hydroxyl groups is 1. The molecule has 0 unspecified atom stereocenters.